The zero-order chi connectivity index (χ0) is 8.27. The van der Waals surface area contributed by atoms with E-state index < -0.39 is 4.92 Å². The fourth-order valence-corrected chi connectivity index (χ4v) is 0.818. The van der Waals surface area contributed by atoms with Crippen molar-refractivity contribution in [2.24, 2.45) is 0 Å². The second-order valence-electron chi connectivity index (χ2n) is 2.14. The molecule has 1 rings (SSSR count). The highest BCUT2D eigenvalue weighted by molar-refractivity contribution is 5.36. The standard InChI is InChI=1S/C8H8NO2/c1-2-7-4-3-5-8(6-7)9(10)11/h2-6H,1H3/q-1. The summed E-state index contributed by atoms with van der Waals surface area (Å²) in [4.78, 5) is 9.86. The third-order valence-corrected chi connectivity index (χ3v) is 1.41. The number of hydrogen-bond donors (Lipinski definition) is 0. The normalized spacial score (nSPS) is 9.18. The third kappa shape index (κ3) is 1.70. The summed E-state index contributed by atoms with van der Waals surface area (Å²) in [6.07, 6.45) is 1.83. The lowest BCUT2D eigenvalue weighted by Crippen LogP contribution is -1.88. The Morgan fingerprint density at radius 3 is 2.82 bits per heavy atom. The maximum atomic E-state index is 10.3. The molecule has 1 aromatic rings. The molecular formula is C8H8NO2-. The van der Waals surface area contributed by atoms with Crippen LogP contribution in [-0.4, -0.2) is 4.92 Å². The lowest BCUT2D eigenvalue weighted by atomic mass is 10.1. The van der Waals surface area contributed by atoms with Gasteiger partial charge in [0, 0.05) is 4.92 Å². The Bertz CT molecular complexity index is 271. The minimum absolute atomic E-state index is 0.139. The Hall–Kier alpha value is -1.51. The van der Waals surface area contributed by atoms with E-state index in [1.807, 2.05) is 19.4 Å². The number of benzene rings is 1. The van der Waals surface area contributed by atoms with Gasteiger partial charge in [0.2, 0.25) is 5.69 Å². The fraction of sp³-hybridized carbons (Fsp3) is 0.125. The molecule has 0 radical (unpaired) electrons. The highest BCUT2D eigenvalue weighted by Crippen LogP contribution is 2.13. The summed E-state index contributed by atoms with van der Waals surface area (Å²) >= 11 is 0. The van der Waals surface area contributed by atoms with Crippen LogP contribution in [0.2, 0.25) is 0 Å². The molecule has 0 saturated carbocycles. The minimum atomic E-state index is -0.396. The number of non-ortho nitro benzene ring substituents is 1. The van der Waals surface area contributed by atoms with Crippen molar-refractivity contribution in [3.63, 3.8) is 0 Å². The van der Waals surface area contributed by atoms with Crippen molar-refractivity contribution in [1.29, 1.82) is 0 Å². The summed E-state index contributed by atoms with van der Waals surface area (Å²) in [5.41, 5.74) is 1.01. The maximum Gasteiger partial charge on any atom is 0.216 e. The van der Waals surface area contributed by atoms with E-state index in [4.69, 9.17) is 0 Å². The van der Waals surface area contributed by atoms with E-state index in [-0.39, 0.29) is 5.69 Å². The first-order valence-corrected chi connectivity index (χ1v) is 3.28. The first-order chi connectivity index (χ1) is 5.24. The van der Waals surface area contributed by atoms with Crippen LogP contribution in [0.3, 0.4) is 0 Å². The van der Waals surface area contributed by atoms with E-state index in [0.717, 1.165) is 5.56 Å². The molecule has 0 aliphatic rings. The molecule has 0 aliphatic heterocycles. The average molecular weight is 150 g/mol. The van der Waals surface area contributed by atoms with Crippen LogP contribution < -0.4 is 0 Å². The van der Waals surface area contributed by atoms with Crippen LogP contribution in [0.15, 0.2) is 24.3 Å². The smallest absolute Gasteiger partial charge is 0.216 e. The van der Waals surface area contributed by atoms with E-state index in [0.29, 0.717) is 0 Å². The predicted molar refractivity (Wildman–Crippen MR) is 42.2 cm³/mol. The lowest BCUT2D eigenvalue weighted by Gasteiger charge is -2.03. The fourth-order valence-electron chi connectivity index (χ4n) is 0.818. The summed E-state index contributed by atoms with van der Waals surface area (Å²) < 4.78 is 0. The van der Waals surface area contributed by atoms with E-state index in [9.17, 15) is 10.1 Å². The maximum absolute atomic E-state index is 10.3. The molecule has 0 heterocycles. The van der Waals surface area contributed by atoms with Gasteiger partial charge >= 0.3 is 0 Å². The Labute approximate surface area is 64.8 Å². The third-order valence-electron chi connectivity index (χ3n) is 1.41. The lowest BCUT2D eigenvalue weighted by molar-refractivity contribution is -0.384. The van der Waals surface area contributed by atoms with Crippen LogP contribution in [0.5, 0.6) is 0 Å². The van der Waals surface area contributed by atoms with Crippen molar-refractivity contribution in [1.82, 2.24) is 0 Å². The van der Waals surface area contributed by atoms with Crippen LogP contribution in [0, 0.1) is 16.5 Å². The van der Waals surface area contributed by atoms with Gasteiger partial charge in [-0.15, -0.1) is 6.07 Å². The summed E-state index contributed by atoms with van der Waals surface area (Å²) in [5.74, 6) is 0. The molecule has 0 spiro atoms. The van der Waals surface area contributed by atoms with Gasteiger partial charge in [-0.25, -0.2) is 0 Å². The Balaban J connectivity index is 3.01. The summed E-state index contributed by atoms with van der Waals surface area (Å²) in [5, 5.41) is 10.3. The predicted octanol–water partition coefficient (Wildman–Crippen LogP) is 2.17. The molecule has 0 aromatic heterocycles. The van der Waals surface area contributed by atoms with E-state index in [1.165, 1.54) is 6.07 Å². The number of nitrogens with zero attached hydrogens (tertiary/aromatic N) is 1. The first kappa shape index (κ1) is 7.60. The Kier molecular flexibility index (Phi) is 2.11. The topological polar surface area (TPSA) is 43.1 Å². The van der Waals surface area contributed by atoms with Crippen LogP contribution in [-0.2, 0) is 0 Å². The Morgan fingerprint density at radius 1 is 1.55 bits per heavy atom. The van der Waals surface area contributed by atoms with Gasteiger partial charge in [-0.05, 0) is 6.07 Å². The molecule has 0 fully saturated rings. The van der Waals surface area contributed by atoms with Gasteiger partial charge in [-0.1, -0.05) is 13.0 Å². The molecule has 3 heteroatoms. The van der Waals surface area contributed by atoms with Crippen LogP contribution >= 0.6 is 0 Å². The molecule has 0 amide bonds. The van der Waals surface area contributed by atoms with Gasteiger partial charge < -0.3 is 0 Å². The van der Waals surface area contributed by atoms with Crippen LogP contribution in [0.4, 0.5) is 5.69 Å². The second-order valence-corrected chi connectivity index (χ2v) is 2.14. The number of nitro groups is 1. The SMILES string of the molecule is C[CH-]c1cccc([N+](=O)[O-])c1. The van der Waals surface area contributed by atoms with Gasteiger partial charge in [0.25, 0.3) is 0 Å². The van der Waals surface area contributed by atoms with Crippen molar-refractivity contribution in [3.05, 3.63) is 46.4 Å². The molecule has 58 valence electrons. The van der Waals surface area contributed by atoms with Crippen molar-refractivity contribution < 1.29 is 4.92 Å². The van der Waals surface area contributed by atoms with E-state index >= 15 is 0 Å². The minimum Gasteiger partial charge on any atom is -0.259 e. The van der Waals surface area contributed by atoms with Crippen molar-refractivity contribution in [2.75, 3.05) is 0 Å². The number of hydrogen-bond acceptors (Lipinski definition) is 2. The highest BCUT2D eigenvalue weighted by Gasteiger charge is 1.97. The molecule has 1 aromatic carbocycles. The zero-order valence-corrected chi connectivity index (χ0v) is 6.15. The summed E-state index contributed by atoms with van der Waals surface area (Å²) in [6, 6.07) is 6.52. The molecule has 3 nitrogen and oxygen atoms in total. The van der Waals surface area contributed by atoms with Crippen molar-refractivity contribution >= 4 is 5.69 Å². The van der Waals surface area contributed by atoms with Crippen LogP contribution in [0.25, 0.3) is 0 Å². The molecule has 0 unspecified atom stereocenters. The summed E-state index contributed by atoms with van der Waals surface area (Å²) in [7, 11) is 0. The molecule has 11 heavy (non-hydrogen) atoms. The monoisotopic (exact) mass is 150 g/mol. The largest absolute Gasteiger partial charge is 0.259 e. The van der Waals surface area contributed by atoms with Crippen LogP contribution in [0.1, 0.15) is 12.5 Å². The Morgan fingerprint density at radius 2 is 2.27 bits per heavy atom. The molecule has 0 atom stereocenters. The first-order valence-electron chi connectivity index (χ1n) is 3.28. The number of nitro benzene ring substituents is 1. The van der Waals surface area contributed by atoms with Gasteiger partial charge in [0.15, 0.2) is 0 Å². The molecule has 0 bridgehead atoms. The van der Waals surface area contributed by atoms with E-state index in [2.05, 4.69) is 0 Å². The quantitative estimate of drug-likeness (QED) is 0.368. The van der Waals surface area contributed by atoms with Crippen molar-refractivity contribution in [2.45, 2.75) is 6.92 Å². The molecule has 0 aliphatic carbocycles. The molecule has 0 saturated heterocycles. The van der Waals surface area contributed by atoms with Gasteiger partial charge in [-0.3, -0.25) is 10.1 Å². The van der Waals surface area contributed by atoms with Gasteiger partial charge in [-0.2, -0.15) is 18.1 Å². The summed E-state index contributed by atoms with van der Waals surface area (Å²) in [6.45, 7) is 1.85. The highest BCUT2D eigenvalue weighted by atomic mass is 16.6. The number of rotatable bonds is 2. The van der Waals surface area contributed by atoms with E-state index in [1.54, 1.807) is 12.1 Å². The van der Waals surface area contributed by atoms with Crippen molar-refractivity contribution in [3.8, 4) is 0 Å². The van der Waals surface area contributed by atoms with Gasteiger partial charge in [0.1, 0.15) is 0 Å². The average Bonchev–Trinajstić information content (AvgIpc) is 2.05. The second kappa shape index (κ2) is 3.05. The molecular weight excluding hydrogens is 142 g/mol. The zero-order valence-electron chi connectivity index (χ0n) is 6.15. The molecule has 0 N–H and O–H groups in total. The van der Waals surface area contributed by atoms with Gasteiger partial charge in [0.05, 0.1) is 0 Å².